The molecule has 0 spiro atoms. The van der Waals surface area contributed by atoms with Crippen molar-refractivity contribution < 1.29 is 14.3 Å². The Kier molecular flexibility index (Phi) is 8.92. The molecule has 1 unspecified atom stereocenters. The van der Waals surface area contributed by atoms with E-state index in [1.165, 1.54) is 4.90 Å². The van der Waals surface area contributed by atoms with Gasteiger partial charge in [-0.3, -0.25) is 14.5 Å². The summed E-state index contributed by atoms with van der Waals surface area (Å²) < 4.78 is 5.51. The van der Waals surface area contributed by atoms with Crippen LogP contribution in [0.2, 0.25) is 15.1 Å². The van der Waals surface area contributed by atoms with E-state index < -0.39 is 6.04 Å². The Labute approximate surface area is 236 Å². The van der Waals surface area contributed by atoms with Crippen molar-refractivity contribution >= 4 is 75.3 Å². The maximum atomic E-state index is 13.6. The van der Waals surface area contributed by atoms with E-state index in [0.717, 1.165) is 5.56 Å². The highest BCUT2D eigenvalue weighted by Crippen LogP contribution is 2.30. The van der Waals surface area contributed by atoms with E-state index in [0.29, 0.717) is 56.9 Å². The van der Waals surface area contributed by atoms with E-state index in [1.54, 1.807) is 65.6 Å². The Morgan fingerprint density at radius 3 is 2.32 bits per heavy atom. The third kappa shape index (κ3) is 6.54. The third-order valence-electron chi connectivity index (χ3n) is 5.87. The van der Waals surface area contributed by atoms with Crippen LogP contribution >= 0.6 is 47.0 Å². The number of anilines is 2. The molecule has 1 aliphatic heterocycles. The number of nitrogens with one attached hydrogen (secondary N) is 1. The zero-order valence-electron chi connectivity index (χ0n) is 19.9. The highest BCUT2D eigenvalue weighted by molar-refractivity contribution is 7.80. The molecule has 1 fully saturated rings. The zero-order chi connectivity index (χ0) is 26.5. The number of nitrogens with zero attached hydrogens (tertiary/aromatic N) is 2. The maximum Gasteiger partial charge on any atom is 0.256 e. The molecular weight excluding hydrogens is 553 g/mol. The number of benzene rings is 3. The molecule has 37 heavy (non-hydrogen) atoms. The van der Waals surface area contributed by atoms with E-state index in [9.17, 15) is 9.59 Å². The minimum Gasteiger partial charge on any atom is -0.494 e. The van der Waals surface area contributed by atoms with E-state index in [4.69, 9.17) is 51.8 Å². The highest BCUT2D eigenvalue weighted by Gasteiger charge is 2.44. The van der Waals surface area contributed by atoms with Crippen molar-refractivity contribution in [1.29, 1.82) is 0 Å². The highest BCUT2D eigenvalue weighted by atomic mass is 35.5. The molecule has 0 bridgehead atoms. The molecule has 6 nitrogen and oxygen atoms in total. The molecule has 0 aliphatic carbocycles. The van der Waals surface area contributed by atoms with Crippen LogP contribution < -0.4 is 15.0 Å². The number of thiocarbonyl (C=S) groups is 1. The number of ether oxygens (including phenoxy) is 1. The lowest BCUT2D eigenvalue weighted by molar-refractivity contribution is -0.124. The molecule has 0 radical (unpaired) electrons. The molecule has 192 valence electrons. The molecule has 4 rings (SSSR count). The van der Waals surface area contributed by atoms with Gasteiger partial charge in [0.15, 0.2) is 5.11 Å². The van der Waals surface area contributed by atoms with Gasteiger partial charge in [-0.15, -0.1) is 0 Å². The van der Waals surface area contributed by atoms with Crippen molar-refractivity contribution in [3.8, 4) is 5.75 Å². The molecule has 3 aromatic carbocycles. The summed E-state index contributed by atoms with van der Waals surface area (Å²) >= 11 is 24.1. The van der Waals surface area contributed by atoms with Gasteiger partial charge in [0.2, 0.25) is 5.91 Å². The first-order valence-electron chi connectivity index (χ1n) is 11.6. The Hall–Kier alpha value is -2.84. The summed E-state index contributed by atoms with van der Waals surface area (Å²) in [6, 6.07) is 18.4. The second-order valence-corrected chi connectivity index (χ2v) is 9.98. The Balaban J connectivity index is 1.56. The summed E-state index contributed by atoms with van der Waals surface area (Å²) in [7, 11) is 0. The first kappa shape index (κ1) is 27.2. The van der Waals surface area contributed by atoms with Gasteiger partial charge in [-0.25, -0.2) is 0 Å². The fourth-order valence-electron chi connectivity index (χ4n) is 4.07. The van der Waals surface area contributed by atoms with Crippen molar-refractivity contribution in [2.45, 2.75) is 25.8 Å². The standard InChI is InChI=1S/C27H24Cl3N3O3S/c1-2-36-22-11-9-21(10-12-22)33-26(35)24(16-25(34)31-20-7-5-18(28)6-8-20)32(27(33)37)14-13-17-3-4-19(29)15-23(17)30/h3-12,15,24H,2,13-14,16H2,1H3,(H,31,34). The molecule has 1 heterocycles. The van der Waals surface area contributed by atoms with Gasteiger partial charge >= 0.3 is 0 Å². The number of hydrogen-bond donors (Lipinski definition) is 1. The molecule has 10 heteroatoms. The smallest absolute Gasteiger partial charge is 0.256 e. The molecule has 1 saturated heterocycles. The van der Waals surface area contributed by atoms with Crippen LogP contribution in [-0.4, -0.2) is 41.0 Å². The second kappa shape index (κ2) is 12.1. The fraction of sp³-hybridized carbons (Fsp3) is 0.222. The molecule has 1 aliphatic rings. The Bertz CT molecular complexity index is 1300. The number of carbonyl (C=O) groups excluding carboxylic acids is 2. The summed E-state index contributed by atoms with van der Waals surface area (Å²) in [5.74, 6) is 0.103. The van der Waals surface area contributed by atoms with E-state index in [1.807, 2.05) is 13.0 Å². The largest absolute Gasteiger partial charge is 0.494 e. The first-order valence-corrected chi connectivity index (χ1v) is 13.2. The van der Waals surface area contributed by atoms with E-state index in [-0.39, 0.29) is 18.2 Å². The van der Waals surface area contributed by atoms with Crippen LogP contribution in [0.5, 0.6) is 5.75 Å². The van der Waals surface area contributed by atoms with Crippen molar-refractivity contribution in [2.24, 2.45) is 0 Å². The van der Waals surface area contributed by atoms with Gasteiger partial charge in [0.1, 0.15) is 11.8 Å². The molecule has 0 aromatic heterocycles. The number of carbonyl (C=O) groups is 2. The summed E-state index contributed by atoms with van der Waals surface area (Å²) in [6.07, 6.45) is 0.430. The van der Waals surface area contributed by atoms with Gasteiger partial charge in [0.05, 0.1) is 18.7 Å². The topological polar surface area (TPSA) is 61.9 Å². The summed E-state index contributed by atoms with van der Waals surface area (Å²) in [5.41, 5.74) is 2.06. The lowest BCUT2D eigenvalue weighted by Gasteiger charge is -2.24. The average molecular weight is 577 g/mol. The summed E-state index contributed by atoms with van der Waals surface area (Å²) in [4.78, 5) is 29.8. The molecule has 3 aromatic rings. The molecule has 1 N–H and O–H groups in total. The van der Waals surface area contributed by atoms with Crippen molar-refractivity contribution in [3.63, 3.8) is 0 Å². The van der Waals surface area contributed by atoms with Gasteiger partial charge in [-0.1, -0.05) is 40.9 Å². The Morgan fingerprint density at radius 1 is 1.00 bits per heavy atom. The average Bonchev–Trinajstić information content (AvgIpc) is 3.09. The maximum absolute atomic E-state index is 13.6. The van der Waals surface area contributed by atoms with Crippen LogP contribution in [-0.2, 0) is 16.0 Å². The number of rotatable bonds is 9. The zero-order valence-corrected chi connectivity index (χ0v) is 23.0. The van der Waals surface area contributed by atoms with Gasteiger partial charge < -0.3 is 15.0 Å². The van der Waals surface area contributed by atoms with E-state index >= 15 is 0 Å². The van der Waals surface area contributed by atoms with Crippen molar-refractivity contribution in [3.05, 3.63) is 87.4 Å². The van der Waals surface area contributed by atoms with Crippen LogP contribution in [0, 0.1) is 0 Å². The van der Waals surface area contributed by atoms with Crippen LogP contribution in [0.4, 0.5) is 11.4 Å². The normalized spacial score (nSPS) is 15.3. The van der Waals surface area contributed by atoms with Crippen LogP contribution in [0.15, 0.2) is 66.7 Å². The number of amides is 2. The fourth-order valence-corrected chi connectivity index (χ4v) is 5.11. The van der Waals surface area contributed by atoms with Gasteiger partial charge in [-0.2, -0.15) is 0 Å². The summed E-state index contributed by atoms with van der Waals surface area (Å²) in [5, 5.41) is 4.78. The van der Waals surface area contributed by atoms with Crippen molar-refractivity contribution in [2.75, 3.05) is 23.4 Å². The lowest BCUT2D eigenvalue weighted by Crippen LogP contribution is -2.39. The molecular formula is C27H24Cl3N3O3S. The van der Waals surface area contributed by atoms with Gasteiger partial charge in [0, 0.05) is 27.3 Å². The molecule has 1 atom stereocenters. The minimum atomic E-state index is -0.780. The molecule has 0 saturated carbocycles. The Morgan fingerprint density at radius 2 is 1.68 bits per heavy atom. The second-order valence-electron chi connectivity index (χ2n) is 8.34. The monoisotopic (exact) mass is 575 g/mol. The van der Waals surface area contributed by atoms with Crippen molar-refractivity contribution in [1.82, 2.24) is 4.90 Å². The van der Waals surface area contributed by atoms with Gasteiger partial charge in [0.25, 0.3) is 5.91 Å². The number of halogens is 3. The lowest BCUT2D eigenvalue weighted by atomic mass is 10.1. The predicted molar refractivity (Wildman–Crippen MR) is 153 cm³/mol. The van der Waals surface area contributed by atoms with Crippen LogP contribution in [0.1, 0.15) is 18.9 Å². The van der Waals surface area contributed by atoms with Gasteiger partial charge in [-0.05, 0) is 91.8 Å². The van der Waals surface area contributed by atoms with Crippen LogP contribution in [0.3, 0.4) is 0 Å². The van der Waals surface area contributed by atoms with Crippen LogP contribution in [0.25, 0.3) is 0 Å². The summed E-state index contributed by atoms with van der Waals surface area (Å²) in [6.45, 7) is 2.82. The molecule has 2 amide bonds. The third-order valence-corrected chi connectivity index (χ3v) is 7.12. The SMILES string of the molecule is CCOc1ccc(N2C(=O)C(CC(=O)Nc3ccc(Cl)cc3)N(CCc3ccc(Cl)cc3Cl)C2=S)cc1. The predicted octanol–water partition coefficient (Wildman–Crippen LogP) is 6.62. The minimum absolute atomic E-state index is 0.0799. The quantitative estimate of drug-likeness (QED) is 0.290. The van der Waals surface area contributed by atoms with E-state index in [2.05, 4.69) is 5.32 Å². The number of hydrogen-bond acceptors (Lipinski definition) is 4. The first-order chi connectivity index (χ1) is 17.8.